The molecule has 4 aromatic rings. The Morgan fingerprint density at radius 3 is 2.08 bits per heavy atom. The molecule has 0 saturated heterocycles. The summed E-state index contributed by atoms with van der Waals surface area (Å²) in [6.07, 6.45) is 8.09. The molecule has 540 valence electrons. The van der Waals surface area contributed by atoms with Crippen molar-refractivity contribution in [2.75, 3.05) is 71.9 Å². The lowest BCUT2D eigenvalue weighted by atomic mass is 10.0. The maximum Gasteiger partial charge on any atom is 0.421 e. The number of anilines is 1. The number of hydrogen-bond donors (Lipinski definition) is 5. The highest BCUT2D eigenvalue weighted by atomic mass is 32.2. The first kappa shape index (κ1) is 73.7. The number of rotatable bonds is 32. The molecule has 2 aliphatic carbocycles. The number of carbonyl (C=O) groups is 7. The van der Waals surface area contributed by atoms with Crippen LogP contribution in [-0.4, -0.2) is 184 Å². The van der Waals surface area contributed by atoms with Gasteiger partial charge in [0.1, 0.15) is 19.3 Å². The first-order valence-electron chi connectivity index (χ1n) is 34.0. The van der Waals surface area contributed by atoms with Crippen LogP contribution in [0.15, 0.2) is 77.1 Å². The van der Waals surface area contributed by atoms with E-state index in [0.29, 0.717) is 78.0 Å². The van der Waals surface area contributed by atoms with Crippen molar-refractivity contribution >= 4 is 69.4 Å². The van der Waals surface area contributed by atoms with E-state index < -0.39 is 71.1 Å². The molecular formula is C70H91N11O18S. The maximum absolute atomic E-state index is 14.3. The van der Waals surface area contributed by atoms with Gasteiger partial charge in [-0.05, 0) is 139 Å². The number of aryl methyl sites for hydroxylation is 1. The summed E-state index contributed by atoms with van der Waals surface area (Å²) in [6, 6.07) is 10.4. The number of methoxy groups -OCH3 is 2. The molecule has 30 heteroatoms. The van der Waals surface area contributed by atoms with E-state index in [0.717, 1.165) is 59.5 Å². The van der Waals surface area contributed by atoms with Crippen molar-refractivity contribution in [2.24, 2.45) is 28.7 Å². The van der Waals surface area contributed by atoms with Crippen molar-refractivity contribution in [3.8, 4) is 23.0 Å². The van der Waals surface area contributed by atoms with Crippen LogP contribution in [0.3, 0.4) is 0 Å². The Balaban J connectivity index is 0.625. The zero-order valence-electron chi connectivity index (χ0n) is 58.0. The second-order valence-corrected chi connectivity index (χ2v) is 28.2. The number of aromatic nitrogens is 3. The number of aliphatic imine (C=N–C) groups is 1. The second-order valence-electron chi connectivity index (χ2n) is 26.7. The molecule has 8 atom stereocenters. The number of aliphatic hydroxyl groups is 1. The molecule has 1 aromatic heterocycles. The van der Waals surface area contributed by atoms with E-state index in [1.54, 1.807) is 74.5 Å². The fourth-order valence-corrected chi connectivity index (χ4v) is 14.0. The van der Waals surface area contributed by atoms with Crippen LogP contribution in [-0.2, 0) is 69.4 Å². The van der Waals surface area contributed by atoms with E-state index in [2.05, 4.69) is 44.5 Å². The number of unbranched alkanes of at least 4 members (excludes halogenated alkanes) is 2. The number of aliphatic hydroxyl groups excluding tert-OH is 1. The molecule has 0 spiro atoms. The number of Topliss-reactive ketones (excluding diaryl/α,β-unsaturated/α-hetero) is 1. The third-order valence-corrected chi connectivity index (χ3v) is 19.7. The van der Waals surface area contributed by atoms with Crippen LogP contribution in [0.1, 0.15) is 143 Å². The summed E-state index contributed by atoms with van der Waals surface area (Å²) in [7, 11) is -1.27. The number of hydrogen-bond acceptors (Lipinski definition) is 21. The molecule has 6 amide bonds. The van der Waals surface area contributed by atoms with Gasteiger partial charge in [-0.3, -0.25) is 29.0 Å². The van der Waals surface area contributed by atoms with Gasteiger partial charge < -0.3 is 63.4 Å². The minimum atomic E-state index is -4.23. The van der Waals surface area contributed by atoms with Crippen LogP contribution < -0.4 is 43.9 Å². The summed E-state index contributed by atoms with van der Waals surface area (Å²) in [5.41, 5.74) is 6.32. The van der Waals surface area contributed by atoms with Crippen LogP contribution >= 0.6 is 0 Å². The molecule has 29 nitrogen and oxygen atoms in total. The number of fused-ring (bicyclic) bond motifs is 6. The lowest BCUT2D eigenvalue weighted by Gasteiger charge is -2.31. The Hall–Kier alpha value is -8.97. The average Bonchev–Trinajstić information content (AvgIpc) is 1.59. The van der Waals surface area contributed by atoms with Crippen LogP contribution in [0.25, 0.3) is 0 Å². The van der Waals surface area contributed by atoms with Crippen molar-refractivity contribution in [1.29, 1.82) is 0 Å². The molecule has 1 saturated carbocycles. The van der Waals surface area contributed by atoms with Gasteiger partial charge >= 0.3 is 22.4 Å². The highest BCUT2D eigenvalue weighted by Crippen LogP contribution is 2.53. The van der Waals surface area contributed by atoms with Crippen LogP contribution in [0, 0.1) is 23.7 Å². The topological polar surface area (TPSA) is 349 Å². The summed E-state index contributed by atoms with van der Waals surface area (Å²) < 4.78 is 76.7. The molecule has 4 aliphatic heterocycles. The van der Waals surface area contributed by atoms with E-state index in [-0.39, 0.29) is 111 Å². The molecule has 100 heavy (non-hydrogen) atoms. The molecule has 1 fully saturated rings. The van der Waals surface area contributed by atoms with Crippen molar-refractivity contribution < 1.29 is 85.0 Å². The predicted molar refractivity (Wildman–Crippen MR) is 364 cm³/mol. The highest BCUT2D eigenvalue weighted by molar-refractivity contribution is 7.88. The monoisotopic (exact) mass is 1410 g/mol. The van der Waals surface area contributed by atoms with E-state index in [4.69, 9.17) is 37.9 Å². The van der Waals surface area contributed by atoms with Crippen LogP contribution in [0.2, 0.25) is 0 Å². The van der Waals surface area contributed by atoms with Gasteiger partial charge in [-0.15, -0.1) is 5.10 Å². The fourth-order valence-electron chi connectivity index (χ4n) is 13.3. The molecule has 10 rings (SSSR count). The molecule has 5 N–H and O–H groups in total. The molecule has 0 bridgehead atoms. The Labute approximate surface area is 581 Å². The summed E-state index contributed by atoms with van der Waals surface area (Å²) in [4.78, 5) is 103. The molecule has 6 aliphatic rings. The van der Waals surface area contributed by atoms with E-state index in [9.17, 15) is 47.1 Å². The standard InChI is InChI=1S/C70H91N11O18S/c1-40(2)64(74-63(83)39-95-26-25-94-24-21-72-100(90,91)76-69(88)98-38-52-48-17-19-53-55(20-18-49(48)52)81(41(3)4)77-75-53)65(84)73-44(7)58(82)29-45-13-15-46(16-14-45)37-99-70(89)80-56-33-62(60(93-9)31-51(56)67(86)79-36-43(6)28-57(79)68(80)87)97-23-12-10-11-22-96-61-32-54-50(30-59(61)92-8)66(85)78-35-42(5)27-47(78)34-71-54/h13-16,30-36,40-41,44,47-49,52,57,64,68,72,87H,10-12,17-29,37-39H2,1-9H3,(H,73,84)(H,74,83)(H,76,88)/t44-,47-,48-,49+,52-,57-,64-,68-/m0/s1. The smallest absolute Gasteiger partial charge is 0.421 e. The number of carbonyl (C=O) groups excluding carboxylic acids is 7. The largest absolute Gasteiger partial charge is 0.493 e. The Morgan fingerprint density at radius 1 is 0.730 bits per heavy atom. The zero-order chi connectivity index (χ0) is 71.5. The van der Waals surface area contributed by atoms with Gasteiger partial charge in [0.25, 0.3) is 11.8 Å². The summed E-state index contributed by atoms with van der Waals surface area (Å²) in [6.45, 7) is 12.7. The summed E-state index contributed by atoms with van der Waals surface area (Å²) >= 11 is 0. The van der Waals surface area contributed by atoms with Gasteiger partial charge in [-0.2, -0.15) is 13.1 Å². The minimum Gasteiger partial charge on any atom is -0.493 e. The second kappa shape index (κ2) is 33.0. The van der Waals surface area contributed by atoms with Gasteiger partial charge in [0.05, 0.1) is 106 Å². The van der Waals surface area contributed by atoms with Crippen LogP contribution in [0.5, 0.6) is 23.0 Å². The molecule has 5 heterocycles. The summed E-state index contributed by atoms with van der Waals surface area (Å²) in [5, 5.41) is 26.0. The normalized spacial score (nSPS) is 20.3. The van der Waals surface area contributed by atoms with Crippen molar-refractivity contribution in [3.05, 3.63) is 106 Å². The molecular weight excluding hydrogens is 1310 g/mol. The highest BCUT2D eigenvalue weighted by Gasteiger charge is 2.51. The van der Waals surface area contributed by atoms with Crippen LogP contribution in [0.4, 0.5) is 21.0 Å². The SMILES string of the molecule is COc1cc2c(cc1OCCCCCOc1cc3c(cc1OC)C(=O)N1C=C(C)C[C@H]1[C@H](O)N3C(=O)OCc1ccc(CC(=O)[C@H](C)NC(=O)[C@@H](NC(=O)COCCOCCNS(=O)(=O)NC(=O)OC[C@@H]3[C@@H]4CCc5c(nnn5C(C)C)CC[C@@H]43)C(C)C)cc1)N=C[C@@H]1CC(C)=CN1C2=O. The quantitative estimate of drug-likeness (QED) is 0.0317. The van der Waals surface area contributed by atoms with E-state index in [1.807, 2.05) is 29.5 Å². The van der Waals surface area contributed by atoms with Crippen molar-refractivity contribution in [1.82, 2.24) is 44.9 Å². The van der Waals surface area contributed by atoms with E-state index in [1.165, 1.54) is 31.3 Å². The first-order valence-corrected chi connectivity index (χ1v) is 35.5. The van der Waals surface area contributed by atoms with Crippen molar-refractivity contribution in [2.45, 2.75) is 156 Å². The minimum absolute atomic E-state index is 0.00403. The Kier molecular flexibility index (Phi) is 24.3. The molecule has 0 unspecified atom stereocenters. The average molecular weight is 1410 g/mol. The zero-order valence-corrected chi connectivity index (χ0v) is 58.8. The number of nitrogens with zero attached hydrogens (tertiary/aromatic N) is 7. The van der Waals surface area contributed by atoms with Gasteiger partial charge in [-0.1, -0.05) is 54.5 Å². The first-order chi connectivity index (χ1) is 47.9. The lowest BCUT2D eigenvalue weighted by Crippen LogP contribution is -2.53. The Morgan fingerprint density at radius 2 is 1.38 bits per heavy atom. The number of nitrogens with one attached hydrogen (secondary N) is 4. The van der Waals surface area contributed by atoms with Gasteiger partial charge in [0, 0.05) is 49.8 Å². The Bertz CT molecular complexity index is 3890. The lowest BCUT2D eigenvalue weighted by molar-refractivity contribution is -0.134. The third kappa shape index (κ3) is 18.0. The number of ketones is 1. The maximum atomic E-state index is 14.3. The predicted octanol–water partition coefficient (Wildman–Crippen LogP) is 6.72. The molecule has 3 aromatic carbocycles. The number of ether oxygens (including phenoxy) is 8. The van der Waals surface area contributed by atoms with E-state index >= 15 is 0 Å². The van der Waals surface area contributed by atoms with Gasteiger partial charge in [-0.25, -0.2) is 23.9 Å². The summed E-state index contributed by atoms with van der Waals surface area (Å²) in [5.74, 6) is -0.206. The number of benzene rings is 3. The third-order valence-electron chi connectivity index (χ3n) is 18.7. The van der Waals surface area contributed by atoms with Gasteiger partial charge in [0.15, 0.2) is 35.0 Å². The fraction of sp³-hybridized carbons (Fsp3) is 0.543. The molecule has 0 radical (unpaired) electrons. The van der Waals surface area contributed by atoms with Gasteiger partial charge in [0.2, 0.25) is 11.8 Å². The van der Waals surface area contributed by atoms with Crippen molar-refractivity contribution in [3.63, 3.8) is 0 Å². The number of amides is 6.